The van der Waals surface area contributed by atoms with Crippen LogP contribution < -0.4 is 0 Å². The summed E-state index contributed by atoms with van der Waals surface area (Å²) in [6, 6.07) is 1.59. The Morgan fingerprint density at radius 1 is 1.56 bits per heavy atom. The summed E-state index contributed by atoms with van der Waals surface area (Å²) in [5, 5.41) is 15.2. The number of carboxylic acid groups (broad SMARTS) is 1. The normalized spacial score (nSPS) is 20.8. The fourth-order valence-electron chi connectivity index (χ4n) is 1.91. The maximum atomic E-state index is 11.9. The van der Waals surface area contributed by atoms with Crippen molar-refractivity contribution in [3.63, 3.8) is 0 Å². The largest absolute Gasteiger partial charge is 0.481 e. The Balaban J connectivity index is 2.05. The van der Waals surface area contributed by atoms with Gasteiger partial charge in [-0.05, 0) is 18.9 Å². The van der Waals surface area contributed by atoms with Gasteiger partial charge in [-0.2, -0.15) is 5.10 Å². The summed E-state index contributed by atoms with van der Waals surface area (Å²) in [6.45, 7) is 0.898. The van der Waals surface area contributed by atoms with Gasteiger partial charge in [-0.1, -0.05) is 0 Å². The fourth-order valence-corrected chi connectivity index (χ4v) is 1.91. The molecule has 1 fully saturated rings. The van der Waals surface area contributed by atoms with E-state index in [0.717, 1.165) is 6.42 Å². The highest BCUT2D eigenvalue weighted by atomic mass is 16.4. The van der Waals surface area contributed by atoms with Gasteiger partial charge < -0.3 is 10.0 Å². The van der Waals surface area contributed by atoms with E-state index in [1.807, 2.05) is 0 Å². The number of rotatable bonds is 2. The predicted molar refractivity (Wildman–Crippen MR) is 54.9 cm³/mol. The minimum Gasteiger partial charge on any atom is -0.481 e. The molecule has 0 saturated carbocycles. The summed E-state index contributed by atoms with van der Waals surface area (Å²) in [4.78, 5) is 24.3. The summed E-state index contributed by atoms with van der Waals surface area (Å²) < 4.78 is 0. The molecule has 2 rings (SSSR count). The van der Waals surface area contributed by atoms with Crippen LogP contribution in [0, 0.1) is 5.92 Å². The van der Waals surface area contributed by atoms with Gasteiger partial charge >= 0.3 is 5.97 Å². The van der Waals surface area contributed by atoms with Crippen molar-refractivity contribution in [2.24, 2.45) is 5.92 Å². The SMILES string of the molecule is O=C(O)[C@@H]1CCCN(C(=O)c2ccn[nH]2)C1. The van der Waals surface area contributed by atoms with Crippen LogP contribution >= 0.6 is 0 Å². The quantitative estimate of drug-likeness (QED) is 0.757. The minimum absolute atomic E-state index is 0.177. The molecule has 0 aliphatic carbocycles. The molecule has 1 aromatic heterocycles. The number of nitrogens with one attached hydrogen (secondary N) is 1. The van der Waals surface area contributed by atoms with Gasteiger partial charge in [0.1, 0.15) is 5.69 Å². The third-order valence-electron chi connectivity index (χ3n) is 2.79. The molecule has 0 bridgehead atoms. The zero-order valence-electron chi connectivity index (χ0n) is 8.72. The molecule has 1 saturated heterocycles. The number of amides is 1. The number of hydrogen-bond donors (Lipinski definition) is 2. The van der Waals surface area contributed by atoms with Crippen molar-refractivity contribution in [2.45, 2.75) is 12.8 Å². The van der Waals surface area contributed by atoms with E-state index in [0.29, 0.717) is 18.7 Å². The lowest BCUT2D eigenvalue weighted by Crippen LogP contribution is -2.42. The number of aliphatic carboxylic acids is 1. The van der Waals surface area contributed by atoms with E-state index in [1.165, 1.54) is 6.20 Å². The average Bonchev–Trinajstić information content (AvgIpc) is 2.81. The lowest BCUT2D eigenvalue weighted by atomic mass is 9.98. The molecule has 1 amide bonds. The van der Waals surface area contributed by atoms with Crippen molar-refractivity contribution >= 4 is 11.9 Å². The van der Waals surface area contributed by atoms with E-state index in [2.05, 4.69) is 10.2 Å². The van der Waals surface area contributed by atoms with Gasteiger partial charge in [0.2, 0.25) is 0 Å². The number of nitrogens with zero attached hydrogens (tertiary/aromatic N) is 2. The summed E-state index contributed by atoms with van der Waals surface area (Å²) in [5.74, 6) is -1.45. The van der Waals surface area contributed by atoms with Crippen LogP contribution in [0.4, 0.5) is 0 Å². The summed E-state index contributed by atoms with van der Waals surface area (Å²) in [7, 11) is 0. The van der Waals surface area contributed by atoms with E-state index < -0.39 is 11.9 Å². The Hall–Kier alpha value is -1.85. The van der Waals surface area contributed by atoms with Gasteiger partial charge in [0.05, 0.1) is 5.92 Å². The summed E-state index contributed by atoms with van der Waals surface area (Å²) >= 11 is 0. The lowest BCUT2D eigenvalue weighted by Gasteiger charge is -2.30. The summed E-state index contributed by atoms with van der Waals surface area (Å²) in [6.07, 6.45) is 2.88. The van der Waals surface area contributed by atoms with E-state index in [-0.39, 0.29) is 12.5 Å². The molecule has 0 spiro atoms. The minimum atomic E-state index is -0.831. The van der Waals surface area contributed by atoms with Crippen LogP contribution in [0.1, 0.15) is 23.3 Å². The highest BCUT2D eigenvalue weighted by molar-refractivity contribution is 5.92. The second-order valence-electron chi connectivity index (χ2n) is 3.90. The van der Waals surface area contributed by atoms with Gasteiger partial charge in [-0.15, -0.1) is 0 Å². The molecule has 1 aliphatic rings. The second-order valence-corrected chi connectivity index (χ2v) is 3.90. The van der Waals surface area contributed by atoms with Crippen LogP contribution in [-0.4, -0.2) is 45.2 Å². The monoisotopic (exact) mass is 223 g/mol. The Morgan fingerprint density at radius 3 is 3.00 bits per heavy atom. The highest BCUT2D eigenvalue weighted by Gasteiger charge is 2.28. The number of H-pyrrole nitrogens is 1. The van der Waals surface area contributed by atoms with Gasteiger partial charge in [-0.3, -0.25) is 14.7 Å². The van der Waals surface area contributed by atoms with Crippen molar-refractivity contribution in [1.29, 1.82) is 0 Å². The predicted octanol–water partition coefficient (Wildman–Crippen LogP) is 0.347. The highest BCUT2D eigenvalue weighted by Crippen LogP contribution is 2.18. The molecular formula is C10H13N3O3. The van der Waals surface area contributed by atoms with E-state index >= 15 is 0 Å². The fraction of sp³-hybridized carbons (Fsp3) is 0.500. The van der Waals surface area contributed by atoms with Crippen LogP contribution in [0.15, 0.2) is 12.3 Å². The number of likely N-dealkylation sites (tertiary alicyclic amines) is 1. The van der Waals surface area contributed by atoms with Crippen LogP contribution in [0.3, 0.4) is 0 Å². The molecule has 1 atom stereocenters. The number of aromatic amines is 1. The standard InChI is InChI=1S/C10H13N3O3/c14-9(8-3-4-11-12-8)13-5-1-2-7(6-13)10(15)16/h3-4,7H,1-2,5-6H2,(H,11,12)(H,15,16)/t7-/m1/s1. The zero-order chi connectivity index (χ0) is 11.5. The van der Waals surface area contributed by atoms with Crippen molar-refractivity contribution < 1.29 is 14.7 Å². The second kappa shape index (κ2) is 4.34. The maximum absolute atomic E-state index is 11.9. The number of carbonyl (C=O) groups excluding carboxylic acids is 1. The van der Waals surface area contributed by atoms with Gasteiger partial charge in [-0.25, -0.2) is 0 Å². The Morgan fingerprint density at radius 2 is 2.38 bits per heavy atom. The molecule has 2 heterocycles. The van der Waals surface area contributed by atoms with Gasteiger partial charge in [0.25, 0.3) is 5.91 Å². The van der Waals surface area contributed by atoms with Crippen LogP contribution in [0.2, 0.25) is 0 Å². The van der Waals surface area contributed by atoms with E-state index in [4.69, 9.17) is 5.11 Å². The molecule has 6 nitrogen and oxygen atoms in total. The third kappa shape index (κ3) is 2.05. The lowest BCUT2D eigenvalue weighted by molar-refractivity contribution is -0.143. The molecule has 0 unspecified atom stereocenters. The van der Waals surface area contributed by atoms with Crippen molar-refractivity contribution in [3.8, 4) is 0 Å². The molecule has 16 heavy (non-hydrogen) atoms. The molecule has 2 N–H and O–H groups in total. The van der Waals surface area contributed by atoms with Gasteiger partial charge in [0, 0.05) is 19.3 Å². The first kappa shape index (κ1) is 10.7. The number of piperidine rings is 1. The number of hydrogen-bond acceptors (Lipinski definition) is 3. The molecule has 0 radical (unpaired) electrons. The third-order valence-corrected chi connectivity index (χ3v) is 2.79. The van der Waals surface area contributed by atoms with Crippen molar-refractivity contribution in [1.82, 2.24) is 15.1 Å². The first-order chi connectivity index (χ1) is 7.68. The first-order valence-electron chi connectivity index (χ1n) is 5.20. The van der Waals surface area contributed by atoms with Crippen LogP contribution in [0.25, 0.3) is 0 Å². The summed E-state index contributed by atoms with van der Waals surface area (Å²) in [5.41, 5.74) is 0.408. The Labute approximate surface area is 92.3 Å². The maximum Gasteiger partial charge on any atom is 0.308 e. The first-order valence-corrected chi connectivity index (χ1v) is 5.20. The van der Waals surface area contributed by atoms with Crippen LogP contribution in [0.5, 0.6) is 0 Å². The molecule has 0 aromatic carbocycles. The molecule has 86 valence electrons. The Kier molecular flexibility index (Phi) is 2.89. The van der Waals surface area contributed by atoms with Crippen LogP contribution in [-0.2, 0) is 4.79 Å². The topological polar surface area (TPSA) is 86.3 Å². The molecule has 6 heteroatoms. The molecule has 1 aromatic rings. The van der Waals surface area contributed by atoms with Crippen molar-refractivity contribution in [2.75, 3.05) is 13.1 Å². The number of carboxylic acids is 1. The average molecular weight is 223 g/mol. The van der Waals surface area contributed by atoms with E-state index in [9.17, 15) is 9.59 Å². The smallest absolute Gasteiger partial charge is 0.308 e. The molecule has 1 aliphatic heterocycles. The molecular weight excluding hydrogens is 210 g/mol. The Bertz CT molecular complexity index is 388. The van der Waals surface area contributed by atoms with Crippen molar-refractivity contribution in [3.05, 3.63) is 18.0 Å². The number of carbonyl (C=O) groups is 2. The number of aromatic nitrogens is 2. The zero-order valence-corrected chi connectivity index (χ0v) is 8.72. The van der Waals surface area contributed by atoms with E-state index in [1.54, 1.807) is 11.0 Å². The van der Waals surface area contributed by atoms with Gasteiger partial charge in [0.15, 0.2) is 0 Å².